The summed E-state index contributed by atoms with van der Waals surface area (Å²) in [7, 11) is 3.24. The van der Waals surface area contributed by atoms with Crippen LogP contribution in [0.1, 0.15) is 25.0 Å². The zero-order valence-electron chi connectivity index (χ0n) is 12.9. The maximum absolute atomic E-state index is 11.5. The van der Waals surface area contributed by atoms with Crippen LogP contribution < -0.4 is 20.1 Å². The molecule has 0 atom stereocenters. The van der Waals surface area contributed by atoms with E-state index in [1.54, 1.807) is 14.2 Å². The molecule has 2 N–H and O–H groups in total. The monoisotopic (exact) mass is 280 g/mol. The predicted molar refractivity (Wildman–Crippen MR) is 79.7 cm³/mol. The van der Waals surface area contributed by atoms with Crippen LogP contribution in [0, 0.1) is 6.92 Å². The van der Waals surface area contributed by atoms with E-state index in [2.05, 4.69) is 10.6 Å². The molecule has 0 bridgehead atoms. The Morgan fingerprint density at radius 1 is 1.20 bits per heavy atom. The lowest BCUT2D eigenvalue weighted by Crippen LogP contribution is -2.40. The summed E-state index contributed by atoms with van der Waals surface area (Å²) in [4.78, 5) is 11.5. The van der Waals surface area contributed by atoms with Crippen LogP contribution in [0.2, 0.25) is 0 Å². The predicted octanol–water partition coefficient (Wildman–Crippen LogP) is 2.26. The van der Waals surface area contributed by atoms with Crippen molar-refractivity contribution in [1.29, 1.82) is 0 Å². The van der Waals surface area contributed by atoms with Gasteiger partial charge in [0, 0.05) is 12.6 Å². The lowest BCUT2D eigenvalue weighted by Gasteiger charge is -2.14. The number of rotatable bonds is 6. The summed E-state index contributed by atoms with van der Waals surface area (Å²) < 4.78 is 10.5. The quantitative estimate of drug-likeness (QED) is 0.840. The molecule has 0 saturated carbocycles. The van der Waals surface area contributed by atoms with Crippen molar-refractivity contribution < 1.29 is 14.3 Å². The zero-order chi connectivity index (χ0) is 15.1. The highest BCUT2D eigenvalue weighted by atomic mass is 16.5. The van der Waals surface area contributed by atoms with E-state index < -0.39 is 0 Å². The minimum atomic E-state index is -0.141. The smallest absolute Gasteiger partial charge is 0.314 e. The Balaban J connectivity index is 2.62. The Kier molecular flexibility index (Phi) is 6.15. The van der Waals surface area contributed by atoms with Crippen molar-refractivity contribution in [1.82, 2.24) is 10.6 Å². The van der Waals surface area contributed by atoms with Crippen molar-refractivity contribution >= 4 is 6.03 Å². The molecule has 0 spiro atoms. The van der Waals surface area contributed by atoms with E-state index in [1.165, 1.54) is 0 Å². The van der Waals surface area contributed by atoms with Gasteiger partial charge in [0.25, 0.3) is 0 Å². The Morgan fingerprint density at radius 3 is 2.35 bits per heavy atom. The van der Waals surface area contributed by atoms with Crippen molar-refractivity contribution in [3.05, 3.63) is 23.3 Å². The highest BCUT2D eigenvalue weighted by Gasteiger charge is 2.09. The van der Waals surface area contributed by atoms with Crippen LogP contribution in [0.3, 0.4) is 0 Å². The fourth-order valence-electron chi connectivity index (χ4n) is 1.92. The average molecular weight is 280 g/mol. The maximum atomic E-state index is 11.5. The first-order valence-corrected chi connectivity index (χ1v) is 6.73. The van der Waals surface area contributed by atoms with Crippen molar-refractivity contribution in [2.24, 2.45) is 0 Å². The van der Waals surface area contributed by atoms with E-state index in [0.29, 0.717) is 12.3 Å². The minimum Gasteiger partial charge on any atom is -0.493 e. The molecule has 0 aliphatic carbocycles. The molecular formula is C15H24N2O3. The van der Waals surface area contributed by atoms with Gasteiger partial charge in [-0.2, -0.15) is 0 Å². The lowest BCUT2D eigenvalue weighted by molar-refractivity contribution is 0.238. The zero-order valence-corrected chi connectivity index (χ0v) is 12.9. The molecule has 20 heavy (non-hydrogen) atoms. The Hall–Kier alpha value is -1.91. The summed E-state index contributed by atoms with van der Waals surface area (Å²) >= 11 is 0. The third-order valence-electron chi connectivity index (χ3n) is 2.94. The van der Waals surface area contributed by atoms with Gasteiger partial charge in [0.15, 0.2) is 11.5 Å². The molecule has 0 heterocycles. The first-order valence-electron chi connectivity index (χ1n) is 6.73. The lowest BCUT2D eigenvalue weighted by atomic mass is 10.0. The summed E-state index contributed by atoms with van der Waals surface area (Å²) in [6.07, 6.45) is 0.748. The number of carbonyl (C=O) groups is 1. The molecule has 0 unspecified atom stereocenters. The number of hydrogen-bond donors (Lipinski definition) is 2. The molecule has 0 aliphatic heterocycles. The van der Waals surface area contributed by atoms with Crippen LogP contribution in [-0.4, -0.2) is 32.8 Å². The fraction of sp³-hybridized carbons (Fsp3) is 0.533. The van der Waals surface area contributed by atoms with Gasteiger partial charge >= 0.3 is 6.03 Å². The van der Waals surface area contributed by atoms with E-state index in [4.69, 9.17) is 9.47 Å². The summed E-state index contributed by atoms with van der Waals surface area (Å²) in [5.74, 6) is 1.43. The van der Waals surface area contributed by atoms with Crippen molar-refractivity contribution in [3.8, 4) is 11.5 Å². The normalized spacial score (nSPS) is 10.3. The van der Waals surface area contributed by atoms with Crippen LogP contribution in [-0.2, 0) is 6.42 Å². The van der Waals surface area contributed by atoms with Crippen LogP contribution >= 0.6 is 0 Å². The molecule has 1 aromatic rings. The first-order chi connectivity index (χ1) is 9.47. The van der Waals surface area contributed by atoms with Gasteiger partial charge in [-0.15, -0.1) is 0 Å². The van der Waals surface area contributed by atoms with Crippen LogP contribution in [0.4, 0.5) is 4.79 Å². The topological polar surface area (TPSA) is 59.6 Å². The number of urea groups is 1. The highest BCUT2D eigenvalue weighted by molar-refractivity contribution is 5.74. The molecule has 2 amide bonds. The number of aryl methyl sites for hydroxylation is 1. The van der Waals surface area contributed by atoms with Crippen LogP contribution in [0.15, 0.2) is 12.1 Å². The maximum Gasteiger partial charge on any atom is 0.314 e. The molecule has 0 fully saturated rings. The van der Waals surface area contributed by atoms with Crippen molar-refractivity contribution in [3.63, 3.8) is 0 Å². The molecule has 0 saturated heterocycles. The van der Waals surface area contributed by atoms with Gasteiger partial charge in [0.05, 0.1) is 14.2 Å². The molecule has 1 rings (SSSR count). The molecule has 5 heteroatoms. The van der Waals surface area contributed by atoms with Gasteiger partial charge < -0.3 is 20.1 Å². The van der Waals surface area contributed by atoms with Gasteiger partial charge in [-0.1, -0.05) is 0 Å². The van der Waals surface area contributed by atoms with E-state index in [-0.39, 0.29) is 12.1 Å². The fourth-order valence-corrected chi connectivity index (χ4v) is 1.92. The number of methoxy groups -OCH3 is 2. The average Bonchev–Trinajstić information content (AvgIpc) is 2.39. The van der Waals surface area contributed by atoms with Gasteiger partial charge in [0.2, 0.25) is 0 Å². The van der Waals surface area contributed by atoms with Crippen molar-refractivity contribution in [2.45, 2.75) is 33.2 Å². The van der Waals surface area contributed by atoms with Gasteiger partial charge in [-0.05, 0) is 50.5 Å². The van der Waals surface area contributed by atoms with Gasteiger partial charge in [-0.3, -0.25) is 0 Å². The summed E-state index contributed by atoms with van der Waals surface area (Å²) in [5.41, 5.74) is 2.25. The number of hydrogen-bond acceptors (Lipinski definition) is 3. The number of amides is 2. The van der Waals surface area contributed by atoms with Gasteiger partial charge in [-0.25, -0.2) is 4.79 Å². The van der Waals surface area contributed by atoms with E-state index in [9.17, 15) is 4.79 Å². The number of ether oxygens (including phenoxy) is 2. The summed E-state index contributed by atoms with van der Waals surface area (Å²) in [6.45, 7) is 6.45. The number of carbonyl (C=O) groups excluding carboxylic acids is 1. The second-order valence-electron chi connectivity index (χ2n) is 4.94. The molecule has 5 nitrogen and oxygen atoms in total. The van der Waals surface area contributed by atoms with E-state index in [1.807, 2.05) is 32.9 Å². The molecule has 112 valence electrons. The molecule has 1 aromatic carbocycles. The standard InChI is InChI=1S/C15H24N2O3/c1-10(2)17-15(18)16-7-6-12-9-14(20-5)13(19-4)8-11(12)3/h8-10H,6-7H2,1-5H3,(H2,16,17,18). The molecular weight excluding hydrogens is 256 g/mol. The van der Waals surface area contributed by atoms with Crippen LogP contribution in [0.25, 0.3) is 0 Å². The first kappa shape index (κ1) is 16.1. The third-order valence-corrected chi connectivity index (χ3v) is 2.94. The Labute approximate surface area is 120 Å². The van der Waals surface area contributed by atoms with E-state index >= 15 is 0 Å². The van der Waals surface area contributed by atoms with Crippen molar-refractivity contribution in [2.75, 3.05) is 20.8 Å². The molecule has 0 aliphatic rings. The number of nitrogens with one attached hydrogen (secondary N) is 2. The summed E-state index contributed by atoms with van der Waals surface area (Å²) in [6, 6.07) is 3.90. The highest BCUT2D eigenvalue weighted by Crippen LogP contribution is 2.30. The Bertz CT molecular complexity index is 459. The minimum absolute atomic E-state index is 0.137. The van der Waals surface area contributed by atoms with Crippen LogP contribution in [0.5, 0.6) is 11.5 Å². The number of benzene rings is 1. The molecule has 0 radical (unpaired) electrons. The van der Waals surface area contributed by atoms with E-state index in [0.717, 1.165) is 23.3 Å². The van der Waals surface area contributed by atoms with Gasteiger partial charge in [0.1, 0.15) is 0 Å². The second kappa shape index (κ2) is 7.62. The summed E-state index contributed by atoms with van der Waals surface area (Å²) in [5, 5.41) is 5.62. The SMILES string of the molecule is COc1cc(C)c(CCNC(=O)NC(C)C)cc1OC. The Morgan fingerprint density at radius 2 is 1.80 bits per heavy atom. The third kappa shape index (κ3) is 4.64. The second-order valence-corrected chi connectivity index (χ2v) is 4.94. The molecule has 0 aromatic heterocycles. The largest absolute Gasteiger partial charge is 0.493 e.